The molecular weight excluding hydrogens is 110 g/mol. The van der Waals surface area contributed by atoms with E-state index in [9.17, 15) is 0 Å². The minimum Gasteiger partial charge on any atom is -0.727 e. The van der Waals surface area contributed by atoms with Crippen molar-refractivity contribution in [3.05, 3.63) is 0 Å². The molecule has 0 bridgehead atoms. The zero-order chi connectivity index (χ0) is 6.99. The third-order valence-electron chi connectivity index (χ3n) is 0.612. The predicted octanol–water partition coefficient (Wildman–Crippen LogP) is -3.06. The van der Waals surface area contributed by atoms with E-state index in [4.69, 9.17) is 15.6 Å². The van der Waals surface area contributed by atoms with Crippen LogP contribution in [0, 0.1) is 0 Å². The SMILES string of the molecule is C[NH+](C)CCO.[O-]O. The van der Waals surface area contributed by atoms with Crippen LogP contribution in [-0.2, 0) is 0 Å². The van der Waals surface area contributed by atoms with Gasteiger partial charge in [-0.3, -0.25) is 0 Å². The van der Waals surface area contributed by atoms with Crippen LogP contribution in [-0.4, -0.2) is 37.6 Å². The Bertz CT molecular complexity index is 32.5. The second kappa shape index (κ2) is 9.96. The fourth-order valence-electron chi connectivity index (χ4n) is 0.224. The Labute approximate surface area is 48.9 Å². The van der Waals surface area contributed by atoms with E-state index in [-0.39, 0.29) is 0 Å². The van der Waals surface area contributed by atoms with E-state index in [2.05, 4.69) is 0 Å². The maximum Gasteiger partial charge on any atom is 0.100 e. The van der Waals surface area contributed by atoms with Crippen molar-refractivity contribution in [1.82, 2.24) is 0 Å². The number of hydrogen-bond donors (Lipinski definition) is 3. The number of likely N-dealkylation sites (N-methyl/N-ethyl adjacent to an activating group) is 1. The van der Waals surface area contributed by atoms with Crippen LogP contribution < -0.4 is 10.2 Å². The Hall–Kier alpha value is -0.160. The molecule has 0 amide bonds. The summed E-state index contributed by atoms with van der Waals surface area (Å²) < 4.78 is 0. The van der Waals surface area contributed by atoms with E-state index in [0.717, 1.165) is 6.54 Å². The van der Waals surface area contributed by atoms with Gasteiger partial charge in [-0.2, -0.15) is 0 Å². The molecule has 0 aromatic heterocycles. The molecule has 0 aliphatic heterocycles. The Balaban J connectivity index is 0. The summed E-state index contributed by atoms with van der Waals surface area (Å²) in [7, 11) is 4.02. The molecule has 0 fully saturated rings. The Morgan fingerprint density at radius 3 is 1.75 bits per heavy atom. The molecule has 0 rings (SSSR count). The monoisotopic (exact) mass is 123 g/mol. The van der Waals surface area contributed by atoms with Crippen LogP contribution >= 0.6 is 0 Å². The minimum absolute atomic E-state index is 0.294. The Morgan fingerprint density at radius 2 is 1.75 bits per heavy atom. The van der Waals surface area contributed by atoms with Crippen LogP contribution in [0.4, 0.5) is 0 Å². The van der Waals surface area contributed by atoms with Gasteiger partial charge in [0, 0.05) is 0 Å². The van der Waals surface area contributed by atoms with Gasteiger partial charge in [0.05, 0.1) is 20.7 Å². The van der Waals surface area contributed by atoms with Crippen LogP contribution in [0.1, 0.15) is 0 Å². The number of aliphatic hydroxyl groups excluding tert-OH is 1. The highest BCUT2D eigenvalue weighted by atomic mass is 17.0. The smallest absolute Gasteiger partial charge is 0.100 e. The van der Waals surface area contributed by atoms with Crippen LogP contribution in [0.25, 0.3) is 0 Å². The summed E-state index contributed by atoms with van der Waals surface area (Å²) in [6.07, 6.45) is 0. The van der Waals surface area contributed by atoms with Crippen molar-refractivity contribution in [2.45, 2.75) is 0 Å². The highest BCUT2D eigenvalue weighted by Gasteiger charge is 1.84. The molecule has 0 aromatic rings. The van der Waals surface area contributed by atoms with Gasteiger partial charge in [-0.25, -0.2) is 0 Å². The van der Waals surface area contributed by atoms with E-state index in [1.165, 1.54) is 4.90 Å². The lowest BCUT2D eigenvalue weighted by molar-refractivity contribution is -0.858. The number of quaternary nitrogens is 1. The van der Waals surface area contributed by atoms with Crippen molar-refractivity contribution in [1.29, 1.82) is 0 Å². The normalized spacial score (nSPS) is 8.25. The molecule has 4 heteroatoms. The summed E-state index contributed by atoms with van der Waals surface area (Å²) >= 11 is 0. The van der Waals surface area contributed by atoms with Crippen molar-refractivity contribution in [2.24, 2.45) is 0 Å². The van der Waals surface area contributed by atoms with Crippen molar-refractivity contribution in [3.63, 3.8) is 0 Å². The van der Waals surface area contributed by atoms with Crippen LogP contribution in [0.2, 0.25) is 0 Å². The van der Waals surface area contributed by atoms with Gasteiger partial charge in [0.2, 0.25) is 0 Å². The lowest BCUT2D eigenvalue weighted by Crippen LogP contribution is -3.06. The molecule has 0 radical (unpaired) electrons. The van der Waals surface area contributed by atoms with Crippen molar-refractivity contribution in [3.8, 4) is 0 Å². The number of nitrogens with one attached hydrogen (secondary N) is 1. The fourth-order valence-corrected chi connectivity index (χ4v) is 0.224. The summed E-state index contributed by atoms with van der Waals surface area (Å²) in [6, 6.07) is 0. The first-order valence-electron chi connectivity index (χ1n) is 2.35. The first-order chi connectivity index (χ1) is 3.77. The standard InChI is InChI=1S/C4H11NO.H2O2/c1-5(2)3-4-6;1-2/h6H,3-4H2,1-2H3;1-2H. The zero-order valence-electron chi connectivity index (χ0n) is 5.22. The summed E-state index contributed by atoms with van der Waals surface area (Å²) in [5.41, 5.74) is 0. The largest absolute Gasteiger partial charge is 0.727 e. The van der Waals surface area contributed by atoms with Crippen molar-refractivity contribution in [2.75, 3.05) is 27.2 Å². The van der Waals surface area contributed by atoms with E-state index >= 15 is 0 Å². The summed E-state index contributed by atoms with van der Waals surface area (Å²) in [5.74, 6) is 0. The molecule has 0 aliphatic rings. The second-order valence-electron chi connectivity index (χ2n) is 1.68. The van der Waals surface area contributed by atoms with Gasteiger partial charge in [0.1, 0.15) is 6.54 Å². The molecule has 52 valence electrons. The molecular formula is C4H13NO3. The minimum atomic E-state index is 0.294. The lowest BCUT2D eigenvalue weighted by Gasteiger charge is -2.00. The fraction of sp³-hybridized carbons (Fsp3) is 1.00. The summed E-state index contributed by atoms with van der Waals surface area (Å²) in [6.45, 7) is 1.14. The van der Waals surface area contributed by atoms with E-state index < -0.39 is 0 Å². The lowest BCUT2D eigenvalue weighted by atomic mass is 10.6. The van der Waals surface area contributed by atoms with Crippen LogP contribution in [0.15, 0.2) is 0 Å². The molecule has 0 heterocycles. The molecule has 3 N–H and O–H groups in total. The van der Waals surface area contributed by atoms with Crippen LogP contribution in [0.3, 0.4) is 0 Å². The molecule has 0 aromatic carbocycles. The first kappa shape index (κ1) is 10.8. The molecule has 0 aliphatic carbocycles. The number of aliphatic hydroxyl groups is 1. The molecule has 0 unspecified atom stereocenters. The quantitative estimate of drug-likeness (QED) is 0.270. The van der Waals surface area contributed by atoms with Gasteiger partial charge in [-0.15, -0.1) is 0 Å². The van der Waals surface area contributed by atoms with Crippen LogP contribution in [0.5, 0.6) is 0 Å². The Morgan fingerprint density at radius 1 is 1.38 bits per heavy atom. The predicted molar refractivity (Wildman–Crippen MR) is 27.4 cm³/mol. The van der Waals surface area contributed by atoms with Gasteiger partial charge in [-0.05, 0) is 0 Å². The number of hydrogen-bond acceptors (Lipinski definition) is 3. The molecule has 0 atom stereocenters. The maximum absolute atomic E-state index is 8.22. The second-order valence-corrected chi connectivity index (χ2v) is 1.68. The van der Waals surface area contributed by atoms with Gasteiger partial charge < -0.3 is 20.5 Å². The summed E-state index contributed by atoms with van der Waals surface area (Å²) in [4.78, 5) is 1.29. The molecule has 0 saturated heterocycles. The molecule has 0 spiro atoms. The van der Waals surface area contributed by atoms with E-state index in [1.807, 2.05) is 14.1 Å². The molecule has 4 nitrogen and oxygen atoms in total. The third-order valence-corrected chi connectivity index (χ3v) is 0.612. The first-order valence-corrected chi connectivity index (χ1v) is 2.35. The zero-order valence-corrected chi connectivity index (χ0v) is 5.22. The van der Waals surface area contributed by atoms with Gasteiger partial charge in [-0.1, -0.05) is 0 Å². The third kappa shape index (κ3) is 17.0. The van der Waals surface area contributed by atoms with Crippen molar-refractivity contribution >= 4 is 0 Å². The Kier molecular flexibility index (Phi) is 13.4. The highest BCUT2D eigenvalue weighted by Crippen LogP contribution is 1.35. The van der Waals surface area contributed by atoms with Gasteiger partial charge >= 0.3 is 0 Å². The van der Waals surface area contributed by atoms with E-state index in [0.29, 0.717) is 6.61 Å². The molecule has 8 heavy (non-hydrogen) atoms. The average Bonchev–Trinajstić information content (AvgIpc) is 1.72. The molecule has 0 saturated carbocycles. The van der Waals surface area contributed by atoms with Gasteiger partial charge in [0.25, 0.3) is 0 Å². The van der Waals surface area contributed by atoms with E-state index in [1.54, 1.807) is 0 Å². The topological polar surface area (TPSA) is 68.0 Å². The average molecular weight is 123 g/mol. The van der Waals surface area contributed by atoms with Crippen molar-refractivity contribution < 1.29 is 20.5 Å². The maximum atomic E-state index is 8.22. The summed E-state index contributed by atoms with van der Waals surface area (Å²) in [5, 5.41) is 21.2. The highest BCUT2D eigenvalue weighted by molar-refractivity contribution is 4.10. The number of rotatable bonds is 2. The van der Waals surface area contributed by atoms with Gasteiger partial charge in [0.15, 0.2) is 0 Å².